The maximum absolute atomic E-state index is 13.3. The molecule has 1 aromatic heterocycles. The van der Waals surface area contributed by atoms with Crippen LogP contribution < -0.4 is 0 Å². The summed E-state index contributed by atoms with van der Waals surface area (Å²) in [5.74, 6) is -3.19. The van der Waals surface area contributed by atoms with Gasteiger partial charge in [-0.2, -0.15) is 0 Å². The summed E-state index contributed by atoms with van der Waals surface area (Å²) in [5.41, 5.74) is -0.194. The van der Waals surface area contributed by atoms with Gasteiger partial charge < -0.3 is 5.11 Å². The monoisotopic (exact) mass is 225 g/mol. The molecule has 0 aliphatic heterocycles. The highest BCUT2D eigenvalue weighted by atomic mass is 19.1. The van der Waals surface area contributed by atoms with E-state index in [0.29, 0.717) is 0 Å². The van der Waals surface area contributed by atoms with Gasteiger partial charge in [-0.1, -0.05) is 0 Å². The predicted octanol–water partition coefficient (Wildman–Crippen LogP) is 1.24. The number of hydrogen-bond donors (Lipinski definition) is 1. The van der Waals surface area contributed by atoms with Gasteiger partial charge in [-0.05, 0) is 12.1 Å². The third-order valence-corrected chi connectivity index (χ3v) is 1.84. The summed E-state index contributed by atoms with van der Waals surface area (Å²) in [7, 11) is 0. The van der Waals surface area contributed by atoms with Crippen LogP contribution in [0.1, 0.15) is 10.6 Å². The lowest BCUT2D eigenvalue weighted by atomic mass is 10.3. The normalized spacial score (nSPS) is 10.4. The molecular weight excluding hydrogens is 220 g/mol. The van der Waals surface area contributed by atoms with Crippen LogP contribution in [0.3, 0.4) is 0 Å². The van der Waals surface area contributed by atoms with Crippen LogP contribution in [0.4, 0.5) is 8.78 Å². The van der Waals surface area contributed by atoms with Crippen molar-refractivity contribution < 1.29 is 18.7 Å². The van der Waals surface area contributed by atoms with Crippen molar-refractivity contribution in [2.24, 2.45) is 0 Å². The Morgan fingerprint density at radius 3 is 2.75 bits per heavy atom. The molecule has 82 valence electrons. The van der Waals surface area contributed by atoms with Crippen molar-refractivity contribution in [1.29, 1.82) is 0 Å². The lowest BCUT2D eigenvalue weighted by Crippen LogP contribution is -2.03. The highest BCUT2D eigenvalue weighted by molar-refractivity contribution is 5.82. The summed E-state index contributed by atoms with van der Waals surface area (Å²) >= 11 is 0. The van der Waals surface area contributed by atoms with Crippen LogP contribution in [0.15, 0.2) is 24.5 Å². The molecule has 0 spiro atoms. The second-order valence-electron chi connectivity index (χ2n) is 2.91. The highest BCUT2D eigenvalue weighted by Gasteiger charge is 2.12. The molecule has 0 radical (unpaired) electrons. The molecule has 16 heavy (non-hydrogen) atoms. The third-order valence-electron chi connectivity index (χ3n) is 1.84. The highest BCUT2D eigenvalue weighted by Crippen LogP contribution is 2.13. The fourth-order valence-electron chi connectivity index (χ4n) is 1.14. The standard InChI is InChI=1S/C9H5F2N3O2/c10-5-1-2-6(11)7(3-5)14-4-12-8(13-14)9(15)16/h1-4H,(H,15,16). The Bertz CT molecular complexity index is 553. The predicted molar refractivity (Wildman–Crippen MR) is 48.2 cm³/mol. The summed E-state index contributed by atoms with van der Waals surface area (Å²) in [6, 6.07) is 2.77. The SMILES string of the molecule is O=C(O)c1ncn(-c2cc(F)ccc2F)n1. The molecule has 1 N–H and O–H groups in total. The van der Waals surface area contributed by atoms with Gasteiger partial charge in [0.05, 0.1) is 0 Å². The molecule has 0 saturated heterocycles. The largest absolute Gasteiger partial charge is 0.475 e. The van der Waals surface area contributed by atoms with Gasteiger partial charge in [0.25, 0.3) is 5.82 Å². The molecule has 2 rings (SSSR count). The Labute approximate surface area is 88.0 Å². The Morgan fingerprint density at radius 1 is 1.38 bits per heavy atom. The Morgan fingerprint density at radius 2 is 2.12 bits per heavy atom. The van der Waals surface area contributed by atoms with Crippen molar-refractivity contribution in [3.05, 3.63) is 42.0 Å². The molecule has 0 amide bonds. The number of carbonyl (C=O) groups is 1. The van der Waals surface area contributed by atoms with Gasteiger partial charge in [-0.3, -0.25) is 0 Å². The lowest BCUT2D eigenvalue weighted by molar-refractivity contribution is 0.0683. The Kier molecular flexibility index (Phi) is 2.35. The topological polar surface area (TPSA) is 68.0 Å². The zero-order valence-electron chi connectivity index (χ0n) is 7.76. The summed E-state index contributed by atoms with van der Waals surface area (Å²) < 4.78 is 27.0. The maximum Gasteiger partial charge on any atom is 0.375 e. The fraction of sp³-hybridized carbons (Fsp3) is 0. The third kappa shape index (κ3) is 1.74. The van der Waals surface area contributed by atoms with Gasteiger partial charge in [0.15, 0.2) is 0 Å². The smallest absolute Gasteiger partial charge is 0.375 e. The molecule has 7 heteroatoms. The van der Waals surface area contributed by atoms with Crippen molar-refractivity contribution >= 4 is 5.97 Å². The summed E-state index contributed by atoms with van der Waals surface area (Å²) in [5, 5.41) is 12.0. The van der Waals surface area contributed by atoms with Crippen molar-refractivity contribution in [3.8, 4) is 5.69 Å². The summed E-state index contributed by atoms with van der Waals surface area (Å²) in [4.78, 5) is 13.9. The molecule has 0 bridgehead atoms. The number of rotatable bonds is 2. The quantitative estimate of drug-likeness (QED) is 0.834. The Hall–Kier alpha value is -2.31. The van der Waals surface area contributed by atoms with E-state index < -0.39 is 23.4 Å². The zero-order chi connectivity index (χ0) is 11.7. The molecular formula is C9H5F2N3O2. The summed E-state index contributed by atoms with van der Waals surface area (Å²) in [6.07, 6.45) is 1.00. The van der Waals surface area contributed by atoms with Crippen LogP contribution >= 0.6 is 0 Å². The molecule has 1 heterocycles. The summed E-state index contributed by atoms with van der Waals surface area (Å²) in [6.45, 7) is 0. The first-order chi connectivity index (χ1) is 7.58. The molecule has 5 nitrogen and oxygen atoms in total. The molecule has 2 aromatic rings. The molecule has 0 fully saturated rings. The number of nitrogens with zero attached hydrogens (tertiary/aromatic N) is 3. The van der Waals surface area contributed by atoms with Gasteiger partial charge >= 0.3 is 5.97 Å². The minimum Gasteiger partial charge on any atom is -0.475 e. The van der Waals surface area contributed by atoms with Crippen LogP contribution in [0.2, 0.25) is 0 Å². The van der Waals surface area contributed by atoms with E-state index in [2.05, 4.69) is 10.1 Å². The zero-order valence-corrected chi connectivity index (χ0v) is 7.76. The van der Waals surface area contributed by atoms with Crippen LogP contribution in [0.5, 0.6) is 0 Å². The van der Waals surface area contributed by atoms with Crippen molar-refractivity contribution in [3.63, 3.8) is 0 Å². The van der Waals surface area contributed by atoms with Crippen molar-refractivity contribution in [1.82, 2.24) is 14.8 Å². The second-order valence-corrected chi connectivity index (χ2v) is 2.91. The van der Waals surface area contributed by atoms with Gasteiger partial charge in [0.2, 0.25) is 0 Å². The van der Waals surface area contributed by atoms with E-state index in [1.54, 1.807) is 0 Å². The van der Waals surface area contributed by atoms with Crippen molar-refractivity contribution in [2.45, 2.75) is 0 Å². The molecule has 1 aromatic carbocycles. The first kappa shape index (κ1) is 10.2. The second kappa shape index (κ2) is 3.69. The first-order valence-electron chi connectivity index (χ1n) is 4.18. The van der Waals surface area contributed by atoms with Crippen LogP contribution in [-0.2, 0) is 0 Å². The number of carboxylic acid groups (broad SMARTS) is 1. The van der Waals surface area contributed by atoms with Gasteiger partial charge in [0.1, 0.15) is 23.6 Å². The molecule has 0 atom stereocenters. The van der Waals surface area contributed by atoms with E-state index in [9.17, 15) is 13.6 Å². The van der Waals surface area contributed by atoms with E-state index in [4.69, 9.17) is 5.11 Å². The van der Waals surface area contributed by atoms with E-state index in [-0.39, 0.29) is 5.69 Å². The van der Waals surface area contributed by atoms with Gasteiger partial charge in [0, 0.05) is 6.07 Å². The van der Waals surface area contributed by atoms with Crippen LogP contribution in [0, 0.1) is 11.6 Å². The number of aromatic nitrogens is 3. The van der Waals surface area contributed by atoms with E-state index in [1.807, 2.05) is 0 Å². The van der Waals surface area contributed by atoms with Crippen molar-refractivity contribution in [2.75, 3.05) is 0 Å². The van der Waals surface area contributed by atoms with Crippen LogP contribution in [-0.4, -0.2) is 25.8 Å². The van der Waals surface area contributed by atoms with E-state index in [1.165, 1.54) is 0 Å². The number of carboxylic acids is 1. The van der Waals surface area contributed by atoms with E-state index in [0.717, 1.165) is 29.2 Å². The number of benzene rings is 1. The minimum absolute atomic E-state index is 0.194. The molecule has 0 unspecified atom stereocenters. The minimum atomic E-state index is -1.34. The lowest BCUT2D eigenvalue weighted by Gasteiger charge is -2.01. The fourth-order valence-corrected chi connectivity index (χ4v) is 1.14. The first-order valence-corrected chi connectivity index (χ1v) is 4.18. The molecule has 0 aliphatic rings. The molecule has 0 aliphatic carbocycles. The van der Waals surface area contributed by atoms with Gasteiger partial charge in [-0.25, -0.2) is 23.2 Å². The maximum atomic E-state index is 13.3. The average Bonchev–Trinajstić information content (AvgIpc) is 2.70. The number of halogens is 2. The average molecular weight is 225 g/mol. The Balaban J connectivity index is 2.50. The molecule has 0 saturated carbocycles. The van der Waals surface area contributed by atoms with E-state index >= 15 is 0 Å². The van der Waals surface area contributed by atoms with Gasteiger partial charge in [-0.15, -0.1) is 5.10 Å². The number of aromatic carboxylic acids is 1. The van der Waals surface area contributed by atoms with Crippen LogP contribution in [0.25, 0.3) is 5.69 Å². The number of hydrogen-bond acceptors (Lipinski definition) is 3.